The zero-order chi connectivity index (χ0) is 18.0. The first-order valence-corrected chi connectivity index (χ1v) is 9.77. The van der Waals surface area contributed by atoms with E-state index in [1.807, 2.05) is 31.2 Å². The molecule has 132 valence electrons. The molecule has 0 heterocycles. The number of carbonyl (C=O) groups excluding carboxylic acids is 1. The average molecular weight is 358 g/mol. The van der Waals surface area contributed by atoms with Crippen LogP contribution in [0.2, 0.25) is 0 Å². The third-order valence-corrected chi connectivity index (χ3v) is 5.82. The van der Waals surface area contributed by atoms with Crippen molar-refractivity contribution in [2.45, 2.75) is 37.2 Å². The quantitative estimate of drug-likeness (QED) is 0.863. The SMILES string of the molecule is Cc1ccccc1CN(C)C(=O)c1cccc(S(=O)(=O)NC2CC2)c1. The second kappa shape index (κ2) is 6.98. The number of rotatable bonds is 6. The minimum atomic E-state index is -3.57. The molecule has 0 atom stereocenters. The first kappa shape index (κ1) is 17.6. The number of amides is 1. The van der Waals surface area contributed by atoms with Gasteiger partial charge in [0.1, 0.15) is 0 Å². The fourth-order valence-electron chi connectivity index (χ4n) is 2.62. The van der Waals surface area contributed by atoms with Crippen LogP contribution in [0.25, 0.3) is 0 Å². The molecule has 5 nitrogen and oxygen atoms in total. The van der Waals surface area contributed by atoms with Gasteiger partial charge in [-0.15, -0.1) is 0 Å². The van der Waals surface area contributed by atoms with Crippen LogP contribution in [0.3, 0.4) is 0 Å². The Hall–Kier alpha value is -2.18. The van der Waals surface area contributed by atoms with Crippen LogP contribution in [0.1, 0.15) is 34.3 Å². The Labute approximate surface area is 148 Å². The molecule has 0 radical (unpaired) electrons. The number of nitrogens with one attached hydrogen (secondary N) is 1. The van der Waals surface area contributed by atoms with E-state index in [0.717, 1.165) is 24.0 Å². The van der Waals surface area contributed by atoms with Crippen molar-refractivity contribution in [3.63, 3.8) is 0 Å². The molecule has 0 spiro atoms. The molecule has 1 amide bonds. The maximum Gasteiger partial charge on any atom is 0.253 e. The smallest absolute Gasteiger partial charge is 0.253 e. The molecule has 0 bridgehead atoms. The van der Waals surface area contributed by atoms with Crippen molar-refractivity contribution >= 4 is 15.9 Å². The zero-order valence-corrected chi connectivity index (χ0v) is 15.2. The number of hydrogen-bond donors (Lipinski definition) is 1. The summed E-state index contributed by atoms with van der Waals surface area (Å²) in [5, 5.41) is 0. The summed E-state index contributed by atoms with van der Waals surface area (Å²) in [5.74, 6) is -0.202. The van der Waals surface area contributed by atoms with Crippen LogP contribution < -0.4 is 4.72 Å². The lowest BCUT2D eigenvalue weighted by Gasteiger charge is -2.19. The predicted octanol–water partition coefficient (Wildman–Crippen LogP) is 2.71. The highest BCUT2D eigenvalue weighted by molar-refractivity contribution is 7.89. The van der Waals surface area contributed by atoms with Gasteiger partial charge >= 0.3 is 0 Å². The van der Waals surface area contributed by atoms with E-state index in [1.165, 1.54) is 12.1 Å². The summed E-state index contributed by atoms with van der Waals surface area (Å²) in [6, 6.07) is 14.1. The van der Waals surface area contributed by atoms with Gasteiger partial charge in [0.2, 0.25) is 10.0 Å². The normalized spacial score (nSPS) is 14.3. The molecule has 0 aliphatic heterocycles. The Bertz CT molecular complexity index is 889. The molecule has 1 aliphatic rings. The number of carbonyl (C=O) groups is 1. The number of aryl methyl sites for hydroxylation is 1. The van der Waals surface area contributed by atoms with Crippen LogP contribution in [-0.2, 0) is 16.6 Å². The highest BCUT2D eigenvalue weighted by Gasteiger charge is 2.28. The van der Waals surface area contributed by atoms with Crippen molar-refractivity contribution in [2.24, 2.45) is 0 Å². The Kier molecular flexibility index (Phi) is 4.92. The molecule has 1 aliphatic carbocycles. The Morgan fingerprint density at radius 1 is 1.16 bits per heavy atom. The first-order valence-electron chi connectivity index (χ1n) is 8.29. The van der Waals surface area contributed by atoms with Gasteiger partial charge in [0.05, 0.1) is 4.90 Å². The molecule has 3 rings (SSSR count). The minimum Gasteiger partial charge on any atom is -0.337 e. The third kappa shape index (κ3) is 4.27. The first-order chi connectivity index (χ1) is 11.9. The molecule has 0 aromatic heterocycles. The summed E-state index contributed by atoms with van der Waals surface area (Å²) in [7, 11) is -1.84. The van der Waals surface area contributed by atoms with Gasteiger partial charge in [0.25, 0.3) is 5.91 Å². The molecular weight excluding hydrogens is 336 g/mol. The molecular formula is C19H22N2O3S. The van der Waals surface area contributed by atoms with Gasteiger partial charge < -0.3 is 4.90 Å². The second-order valence-electron chi connectivity index (χ2n) is 6.51. The highest BCUT2D eigenvalue weighted by Crippen LogP contribution is 2.23. The van der Waals surface area contributed by atoms with Crippen molar-refractivity contribution in [1.82, 2.24) is 9.62 Å². The van der Waals surface area contributed by atoms with Crippen LogP contribution in [0.5, 0.6) is 0 Å². The molecule has 1 saturated carbocycles. The summed E-state index contributed by atoms with van der Waals surface area (Å²) in [6.07, 6.45) is 1.74. The van der Waals surface area contributed by atoms with Crippen molar-refractivity contribution < 1.29 is 13.2 Å². The molecule has 2 aromatic carbocycles. The van der Waals surface area contributed by atoms with Crippen LogP contribution in [0.4, 0.5) is 0 Å². The van der Waals surface area contributed by atoms with Crippen LogP contribution in [0.15, 0.2) is 53.4 Å². The van der Waals surface area contributed by atoms with Gasteiger partial charge in [-0.1, -0.05) is 30.3 Å². The monoisotopic (exact) mass is 358 g/mol. The Morgan fingerprint density at radius 3 is 2.56 bits per heavy atom. The highest BCUT2D eigenvalue weighted by atomic mass is 32.2. The molecule has 25 heavy (non-hydrogen) atoms. The van der Waals surface area contributed by atoms with Crippen LogP contribution >= 0.6 is 0 Å². The lowest BCUT2D eigenvalue weighted by molar-refractivity contribution is 0.0784. The summed E-state index contributed by atoms with van der Waals surface area (Å²) in [5.41, 5.74) is 2.55. The standard InChI is InChI=1S/C19H22N2O3S/c1-14-6-3-4-7-16(14)13-21(2)19(22)15-8-5-9-18(12-15)25(23,24)20-17-10-11-17/h3-9,12,17,20H,10-11,13H2,1-2H3. The van der Waals surface area contributed by atoms with Crippen LogP contribution in [-0.4, -0.2) is 32.3 Å². The number of hydrogen-bond acceptors (Lipinski definition) is 3. The zero-order valence-electron chi connectivity index (χ0n) is 14.4. The molecule has 0 saturated heterocycles. The van der Waals surface area contributed by atoms with E-state index in [9.17, 15) is 13.2 Å². The van der Waals surface area contributed by atoms with Crippen LogP contribution in [0, 0.1) is 6.92 Å². The molecule has 1 N–H and O–H groups in total. The molecule has 6 heteroatoms. The average Bonchev–Trinajstić information content (AvgIpc) is 3.39. The van der Waals surface area contributed by atoms with Crippen molar-refractivity contribution in [2.75, 3.05) is 7.05 Å². The number of nitrogens with zero attached hydrogens (tertiary/aromatic N) is 1. The van der Waals surface area contributed by atoms with E-state index < -0.39 is 10.0 Å². The number of sulfonamides is 1. The fourth-order valence-corrected chi connectivity index (χ4v) is 3.97. The largest absolute Gasteiger partial charge is 0.337 e. The summed E-state index contributed by atoms with van der Waals surface area (Å²) < 4.78 is 27.3. The van der Waals surface area contributed by atoms with E-state index >= 15 is 0 Å². The van der Waals surface area contributed by atoms with E-state index in [2.05, 4.69) is 4.72 Å². The van der Waals surface area contributed by atoms with E-state index in [-0.39, 0.29) is 16.8 Å². The van der Waals surface area contributed by atoms with E-state index in [0.29, 0.717) is 12.1 Å². The Balaban J connectivity index is 1.78. The van der Waals surface area contributed by atoms with Gasteiger partial charge in [-0.3, -0.25) is 4.79 Å². The van der Waals surface area contributed by atoms with Gasteiger partial charge in [-0.2, -0.15) is 0 Å². The lowest BCUT2D eigenvalue weighted by atomic mass is 10.1. The topological polar surface area (TPSA) is 66.5 Å². The minimum absolute atomic E-state index is 0.0353. The lowest BCUT2D eigenvalue weighted by Crippen LogP contribution is -2.28. The maximum atomic E-state index is 12.7. The molecule has 0 unspecified atom stereocenters. The van der Waals surface area contributed by atoms with Crippen molar-refractivity contribution in [3.05, 3.63) is 65.2 Å². The third-order valence-electron chi connectivity index (χ3n) is 4.31. The predicted molar refractivity (Wildman–Crippen MR) is 96.8 cm³/mol. The van der Waals surface area contributed by atoms with Gasteiger partial charge in [-0.25, -0.2) is 13.1 Å². The summed E-state index contributed by atoms with van der Waals surface area (Å²) >= 11 is 0. The van der Waals surface area contributed by atoms with E-state index in [4.69, 9.17) is 0 Å². The summed E-state index contributed by atoms with van der Waals surface area (Å²) in [6.45, 7) is 2.48. The number of benzene rings is 2. The van der Waals surface area contributed by atoms with Gasteiger partial charge in [0.15, 0.2) is 0 Å². The Morgan fingerprint density at radius 2 is 1.88 bits per heavy atom. The van der Waals surface area contributed by atoms with Crippen molar-refractivity contribution in [3.8, 4) is 0 Å². The van der Waals surface area contributed by atoms with Gasteiger partial charge in [-0.05, 0) is 49.1 Å². The fraction of sp³-hybridized carbons (Fsp3) is 0.316. The second-order valence-corrected chi connectivity index (χ2v) is 8.23. The van der Waals surface area contributed by atoms with E-state index in [1.54, 1.807) is 24.1 Å². The maximum absolute atomic E-state index is 12.7. The van der Waals surface area contributed by atoms with Gasteiger partial charge in [0, 0.05) is 25.2 Å². The molecule has 2 aromatic rings. The van der Waals surface area contributed by atoms with Crippen molar-refractivity contribution in [1.29, 1.82) is 0 Å². The summed E-state index contributed by atoms with van der Waals surface area (Å²) in [4.78, 5) is 14.4. The molecule has 1 fully saturated rings.